The lowest BCUT2D eigenvalue weighted by Gasteiger charge is -2.11. The third kappa shape index (κ3) is 3.92. The van der Waals surface area contributed by atoms with Crippen LogP contribution in [0.4, 0.5) is 5.69 Å². The highest BCUT2D eigenvalue weighted by molar-refractivity contribution is 6.37. The molecule has 0 bridgehead atoms. The zero-order valence-electron chi connectivity index (χ0n) is 12.7. The van der Waals surface area contributed by atoms with E-state index >= 15 is 0 Å². The lowest BCUT2D eigenvalue weighted by molar-refractivity contribution is -0.112. The summed E-state index contributed by atoms with van der Waals surface area (Å²) in [5.41, 5.74) is 2.92. The van der Waals surface area contributed by atoms with Gasteiger partial charge in [0.2, 0.25) is 0 Å². The Morgan fingerprint density at radius 3 is 2.13 bits per heavy atom. The quantitative estimate of drug-likeness (QED) is 0.617. The minimum Gasteiger partial charge on any atom is -0.321 e. The van der Waals surface area contributed by atoms with Crippen LogP contribution in [-0.4, -0.2) is 5.91 Å². The van der Waals surface area contributed by atoms with Crippen molar-refractivity contribution in [3.05, 3.63) is 68.7 Å². The van der Waals surface area contributed by atoms with Gasteiger partial charge in [-0.25, -0.2) is 0 Å². The molecule has 0 aliphatic rings. The van der Waals surface area contributed by atoms with Crippen LogP contribution in [0.3, 0.4) is 0 Å². The Bertz CT molecular complexity index is 795. The van der Waals surface area contributed by atoms with Crippen molar-refractivity contribution in [2.45, 2.75) is 13.8 Å². The molecule has 23 heavy (non-hydrogen) atoms. The van der Waals surface area contributed by atoms with Crippen LogP contribution in [0.5, 0.6) is 0 Å². The Kier molecular flexibility index (Phi) is 5.44. The molecule has 0 atom stereocenters. The molecule has 0 saturated carbocycles. The monoisotopic (exact) mass is 344 g/mol. The SMILES string of the molecule is Cc1cccc(C)c1NC(=O)C(C#N)=Cc1c(Cl)cccc1Cl. The summed E-state index contributed by atoms with van der Waals surface area (Å²) in [6.45, 7) is 3.78. The van der Waals surface area contributed by atoms with Crippen molar-refractivity contribution in [2.75, 3.05) is 5.32 Å². The third-order valence-corrected chi connectivity index (χ3v) is 4.03. The highest BCUT2D eigenvalue weighted by Crippen LogP contribution is 2.27. The summed E-state index contributed by atoms with van der Waals surface area (Å²) in [6.07, 6.45) is 1.40. The molecule has 0 aliphatic heterocycles. The van der Waals surface area contributed by atoms with Gasteiger partial charge in [-0.1, -0.05) is 47.5 Å². The molecular weight excluding hydrogens is 331 g/mol. The summed E-state index contributed by atoms with van der Waals surface area (Å²) < 4.78 is 0. The van der Waals surface area contributed by atoms with E-state index in [9.17, 15) is 10.1 Å². The van der Waals surface area contributed by atoms with Gasteiger partial charge in [0.1, 0.15) is 11.6 Å². The van der Waals surface area contributed by atoms with Gasteiger partial charge in [-0.05, 0) is 43.2 Å². The lowest BCUT2D eigenvalue weighted by atomic mass is 10.1. The summed E-state index contributed by atoms with van der Waals surface area (Å²) in [5.74, 6) is -0.499. The number of nitrogens with zero attached hydrogens (tertiary/aromatic N) is 1. The molecule has 0 fully saturated rings. The van der Waals surface area contributed by atoms with E-state index in [1.54, 1.807) is 18.2 Å². The van der Waals surface area contributed by atoms with E-state index in [-0.39, 0.29) is 5.57 Å². The van der Waals surface area contributed by atoms with Gasteiger partial charge in [-0.3, -0.25) is 4.79 Å². The Hall–Kier alpha value is -2.28. The van der Waals surface area contributed by atoms with E-state index in [1.807, 2.05) is 38.1 Å². The second kappa shape index (κ2) is 7.32. The first-order valence-electron chi connectivity index (χ1n) is 6.87. The van der Waals surface area contributed by atoms with E-state index in [4.69, 9.17) is 23.2 Å². The molecule has 5 heteroatoms. The second-order valence-corrected chi connectivity index (χ2v) is 5.84. The number of nitrogens with one attached hydrogen (secondary N) is 1. The molecule has 3 nitrogen and oxygen atoms in total. The number of amides is 1. The maximum atomic E-state index is 12.4. The van der Waals surface area contributed by atoms with Crippen LogP contribution in [0, 0.1) is 25.2 Å². The van der Waals surface area contributed by atoms with Gasteiger partial charge in [0.05, 0.1) is 0 Å². The highest BCUT2D eigenvalue weighted by atomic mass is 35.5. The van der Waals surface area contributed by atoms with Gasteiger partial charge in [0.25, 0.3) is 5.91 Å². The van der Waals surface area contributed by atoms with Crippen molar-refractivity contribution < 1.29 is 4.79 Å². The number of carbonyl (C=O) groups is 1. The zero-order chi connectivity index (χ0) is 17.0. The maximum absolute atomic E-state index is 12.4. The van der Waals surface area contributed by atoms with Gasteiger partial charge in [0.15, 0.2) is 0 Å². The second-order valence-electron chi connectivity index (χ2n) is 5.03. The van der Waals surface area contributed by atoms with Crippen LogP contribution in [0.25, 0.3) is 6.08 Å². The minimum atomic E-state index is -0.499. The van der Waals surface area contributed by atoms with Crippen molar-refractivity contribution in [1.29, 1.82) is 5.26 Å². The number of para-hydroxylation sites is 1. The number of aryl methyl sites for hydroxylation is 2. The normalized spacial score (nSPS) is 11.0. The highest BCUT2D eigenvalue weighted by Gasteiger charge is 2.14. The fraction of sp³-hybridized carbons (Fsp3) is 0.111. The molecule has 0 saturated heterocycles. The van der Waals surface area contributed by atoms with E-state index in [0.29, 0.717) is 21.3 Å². The van der Waals surface area contributed by atoms with Crippen molar-refractivity contribution in [1.82, 2.24) is 0 Å². The van der Waals surface area contributed by atoms with E-state index in [2.05, 4.69) is 5.32 Å². The molecule has 2 aromatic carbocycles. The van der Waals surface area contributed by atoms with Gasteiger partial charge in [0, 0.05) is 21.3 Å². The van der Waals surface area contributed by atoms with Crippen molar-refractivity contribution in [3.63, 3.8) is 0 Å². The summed E-state index contributed by atoms with van der Waals surface area (Å²) in [7, 11) is 0. The Labute approximate surface area is 145 Å². The molecule has 0 heterocycles. The van der Waals surface area contributed by atoms with E-state index in [0.717, 1.165) is 11.1 Å². The van der Waals surface area contributed by atoms with Crippen LogP contribution >= 0.6 is 23.2 Å². The fourth-order valence-electron chi connectivity index (χ4n) is 2.13. The molecular formula is C18H14Cl2N2O. The maximum Gasteiger partial charge on any atom is 0.266 e. The van der Waals surface area contributed by atoms with Crippen LogP contribution in [0.2, 0.25) is 10.0 Å². The van der Waals surface area contributed by atoms with Gasteiger partial charge in [-0.2, -0.15) is 5.26 Å². The predicted octanol–water partition coefficient (Wildman–Crippen LogP) is 5.16. The standard InChI is InChI=1S/C18H14Cl2N2O/c1-11-5-3-6-12(2)17(11)22-18(23)13(10-21)9-14-15(19)7-4-8-16(14)20/h3-9H,1-2H3,(H,22,23). The molecule has 2 aromatic rings. The van der Waals surface area contributed by atoms with Crippen LogP contribution in [0.15, 0.2) is 42.0 Å². The summed E-state index contributed by atoms with van der Waals surface area (Å²) in [5, 5.41) is 12.8. The van der Waals surface area contributed by atoms with Crippen molar-refractivity contribution in [2.24, 2.45) is 0 Å². The number of carbonyl (C=O) groups excluding carboxylic acids is 1. The van der Waals surface area contributed by atoms with Crippen molar-refractivity contribution in [3.8, 4) is 6.07 Å². The molecule has 0 radical (unpaired) electrons. The Morgan fingerprint density at radius 2 is 1.61 bits per heavy atom. The molecule has 1 amide bonds. The average molecular weight is 345 g/mol. The first-order chi connectivity index (χ1) is 10.9. The van der Waals surface area contributed by atoms with Crippen LogP contribution in [-0.2, 0) is 4.79 Å². The molecule has 0 unspecified atom stereocenters. The largest absolute Gasteiger partial charge is 0.321 e. The van der Waals surface area contributed by atoms with E-state index < -0.39 is 5.91 Å². The summed E-state index contributed by atoms with van der Waals surface area (Å²) >= 11 is 12.2. The Morgan fingerprint density at radius 1 is 1.09 bits per heavy atom. The number of rotatable bonds is 3. The molecule has 0 aliphatic carbocycles. The minimum absolute atomic E-state index is 0.0670. The fourth-order valence-corrected chi connectivity index (χ4v) is 2.64. The number of hydrogen-bond donors (Lipinski definition) is 1. The number of halogens is 2. The van der Waals surface area contributed by atoms with Crippen LogP contribution in [0.1, 0.15) is 16.7 Å². The lowest BCUT2D eigenvalue weighted by Crippen LogP contribution is -2.15. The van der Waals surface area contributed by atoms with Gasteiger partial charge >= 0.3 is 0 Å². The first-order valence-corrected chi connectivity index (χ1v) is 7.63. The van der Waals surface area contributed by atoms with Gasteiger partial charge < -0.3 is 5.32 Å². The molecule has 116 valence electrons. The predicted molar refractivity (Wildman–Crippen MR) is 94.6 cm³/mol. The third-order valence-electron chi connectivity index (χ3n) is 3.37. The molecule has 0 spiro atoms. The number of nitriles is 1. The first kappa shape index (κ1) is 17.1. The van der Waals surface area contributed by atoms with Crippen molar-refractivity contribution >= 4 is 40.9 Å². The average Bonchev–Trinajstić information content (AvgIpc) is 2.51. The summed E-state index contributed by atoms with van der Waals surface area (Å²) in [4.78, 5) is 12.4. The number of benzene rings is 2. The Balaban J connectivity index is 2.37. The number of hydrogen-bond acceptors (Lipinski definition) is 2. The molecule has 1 N–H and O–H groups in total. The van der Waals surface area contributed by atoms with E-state index in [1.165, 1.54) is 6.08 Å². The van der Waals surface area contributed by atoms with Gasteiger partial charge in [-0.15, -0.1) is 0 Å². The number of anilines is 1. The smallest absolute Gasteiger partial charge is 0.266 e. The molecule has 2 rings (SSSR count). The summed E-state index contributed by atoms with van der Waals surface area (Å²) in [6, 6.07) is 12.6. The van der Waals surface area contributed by atoms with Crippen LogP contribution < -0.4 is 5.32 Å². The molecule has 0 aromatic heterocycles. The zero-order valence-corrected chi connectivity index (χ0v) is 14.2. The topological polar surface area (TPSA) is 52.9 Å².